The van der Waals surface area contributed by atoms with Crippen LogP contribution in [-0.2, 0) is 19.1 Å². The molecule has 1 fully saturated rings. The van der Waals surface area contributed by atoms with Crippen LogP contribution in [0, 0.1) is 16.7 Å². The van der Waals surface area contributed by atoms with Crippen LogP contribution in [0.25, 0.3) is 0 Å². The number of hydrogen-bond donors (Lipinski definition) is 0. The molecule has 0 spiro atoms. The van der Waals surface area contributed by atoms with Gasteiger partial charge in [0.05, 0.1) is 13.2 Å². The molecule has 0 aromatic rings. The van der Waals surface area contributed by atoms with Gasteiger partial charge < -0.3 is 14.4 Å². The van der Waals surface area contributed by atoms with E-state index in [4.69, 9.17) is 9.47 Å². The Bertz CT molecular complexity index is 1650. The Morgan fingerprint density at radius 2 is 1.27 bits per heavy atom. The number of morpholine rings is 1. The Labute approximate surface area is 307 Å². The SMILES string of the molecule is CC1=C(/C=C/C(C)=C/C=C/C(C)=C/C=C/C=C(C)/C=C/C=C(C)/C=C/C2=CC(=O)C(C)CC2(C)C)C(C)(C)CC(OC(=O)N2CCOCC2)C1=O. The highest BCUT2D eigenvalue weighted by atomic mass is 16.6. The maximum absolute atomic E-state index is 13.2. The van der Waals surface area contributed by atoms with Crippen molar-refractivity contribution in [2.75, 3.05) is 26.3 Å². The molecule has 0 aromatic carbocycles. The van der Waals surface area contributed by atoms with Gasteiger partial charge in [-0.2, -0.15) is 0 Å². The highest BCUT2D eigenvalue weighted by Crippen LogP contribution is 2.41. The summed E-state index contributed by atoms with van der Waals surface area (Å²) in [7, 11) is 0. The van der Waals surface area contributed by atoms with Crippen LogP contribution in [-0.4, -0.2) is 55.0 Å². The summed E-state index contributed by atoms with van der Waals surface area (Å²) in [5.41, 5.74) is 6.82. The fourth-order valence-corrected chi connectivity index (χ4v) is 6.46. The molecule has 2 atom stereocenters. The molecular weight excluding hydrogens is 634 g/mol. The Hall–Kier alpha value is -4.29. The van der Waals surface area contributed by atoms with Gasteiger partial charge in [-0.25, -0.2) is 4.79 Å². The molecule has 0 N–H and O–H groups in total. The molecule has 3 rings (SSSR count). The molecule has 0 bridgehead atoms. The van der Waals surface area contributed by atoms with Crippen molar-refractivity contribution in [3.63, 3.8) is 0 Å². The van der Waals surface area contributed by atoms with E-state index in [9.17, 15) is 14.4 Å². The van der Waals surface area contributed by atoms with E-state index in [1.807, 2.05) is 69.4 Å². The lowest BCUT2D eigenvalue weighted by Crippen LogP contribution is -2.45. The number of hydrogen-bond acceptors (Lipinski definition) is 5. The molecule has 2 unspecified atom stereocenters. The molecule has 1 aliphatic heterocycles. The zero-order chi connectivity index (χ0) is 37.8. The van der Waals surface area contributed by atoms with Crippen LogP contribution in [0.1, 0.15) is 82.1 Å². The van der Waals surface area contributed by atoms with E-state index in [1.54, 1.807) is 4.90 Å². The van der Waals surface area contributed by atoms with Gasteiger partial charge >= 0.3 is 6.09 Å². The number of nitrogens with zero attached hydrogens (tertiary/aromatic N) is 1. The maximum Gasteiger partial charge on any atom is 0.410 e. The van der Waals surface area contributed by atoms with E-state index in [1.165, 1.54) is 0 Å². The Morgan fingerprint density at radius 1 is 0.765 bits per heavy atom. The predicted octanol–water partition coefficient (Wildman–Crippen LogP) is 10.3. The summed E-state index contributed by atoms with van der Waals surface area (Å²) in [6.45, 7) is 22.6. The molecule has 1 saturated heterocycles. The molecular formula is C45H59NO5. The lowest BCUT2D eigenvalue weighted by atomic mass is 9.71. The average molecular weight is 694 g/mol. The lowest BCUT2D eigenvalue weighted by molar-refractivity contribution is -0.126. The number of ketones is 2. The highest BCUT2D eigenvalue weighted by Gasteiger charge is 2.40. The fraction of sp³-hybridized carbons (Fsp3) is 0.444. The van der Waals surface area contributed by atoms with Gasteiger partial charge in [-0.05, 0) is 74.7 Å². The smallest absolute Gasteiger partial charge is 0.410 e. The first kappa shape index (κ1) is 41.1. The highest BCUT2D eigenvalue weighted by molar-refractivity contribution is 6.01. The molecule has 3 aliphatic rings. The van der Waals surface area contributed by atoms with Crippen LogP contribution in [0.2, 0.25) is 0 Å². The van der Waals surface area contributed by atoms with Crippen LogP contribution in [0.4, 0.5) is 4.79 Å². The average Bonchev–Trinajstić information content (AvgIpc) is 3.06. The second-order valence-electron chi connectivity index (χ2n) is 15.4. The Kier molecular flexibility index (Phi) is 15.2. The number of amides is 1. The van der Waals surface area contributed by atoms with Crippen molar-refractivity contribution in [2.24, 2.45) is 16.7 Å². The van der Waals surface area contributed by atoms with Gasteiger partial charge in [0.2, 0.25) is 0 Å². The van der Waals surface area contributed by atoms with Crippen LogP contribution >= 0.6 is 0 Å². The van der Waals surface area contributed by atoms with Gasteiger partial charge in [-0.3, -0.25) is 9.59 Å². The molecule has 274 valence electrons. The first-order chi connectivity index (χ1) is 24.0. The third-order valence-corrected chi connectivity index (χ3v) is 9.69. The van der Waals surface area contributed by atoms with Gasteiger partial charge in [0.15, 0.2) is 17.7 Å². The van der Waals surface area contributed by atoms with Crippen molar-refractivity contribution < 1.29 is 23.9 Å². The standard InChI is InChI=1S/C45H59NO5/c1-32(17-13-19-34(3)21-23-38-29-40(47)36(5)30-44(38,7)8)15-11-12-16-33(2)18-14-20-35(4)22-24-39-37(6)42(48)41(31-45(39,9)10)51-43(49)46-25-27-50-28-26-46/h11-24,29,36,41H,25-28,30-31H2,1-10H3/b12-11+,17-13+,18-14+,23-21+,24-22+,32-15+,33-16+,34-19+,35-20+. The minimum absolute atomic E-state index is 0.00532. The summed E-state index contributed by atoms with van der Waals surface area (Å²) in [4.78, 5) is 39.6. The van der Waals surface area contributed by atoms with Crippen molar-refractivity contribution in [1.29, 1.82) is 0 Å². The summed E-state index contributed by atoms with van der Waals surface area (Å²) in [5, 5.41) is 0. The number of allylic oxidation sites excluding steroid dienone is 21. The van der Waals surface area contributed by atoms with Crippen molar-refractivity contribution in [2.45, 2.75) is 88.2 Å². The minimum atomic E-state index is -0.775. The van der Waals surface area contributed by atoms with Crippen molar-refractivity contribution >= 4 is 17.7 Å². The van der Waals surface area contributed by atoms with Crippen LogP contribution in [0.3, 0.4) is 0 Å². The Morgan fingerprint density at radius 3 is 1.84 bits per heavy atom. The van der Waals surface area contributed by atoms with E-state index in [0.717, 1.165) is 39.9 Å². The lowest BCUT2D eigenvalue weighted by Gasteiger charge is -2.37. The second kappa shape index (κ2) is 18.8. The topological polar surface area (TPSA) is 72.9 Å². The first-order valence-corrected chi connectivity index (χ1v) is 18.1. The van der Waals surface area contributed by atoms with Crippen molar-refractivity contribution in [3.8, 4) is 0 Å². The van der Waals surface area contributed by atoms with Crippen LogP contribution in [0.15, 0.2) is 130 Å². The number of rotatable bonds is 11. The minimum Gasteiger partial charge on any atom is -0.438 e. The number of carbonyl (C=O) groups is 3. The summed E-state index contributed by atoms with van der Waals surface area (Å²) in [6.07, 6.45) is 30.7. The maximum atomic E-state index is 13.2. The number of carbonyl (C=O) groups excluding carboxylic acids is 3. The summed E-state index contributed by atoms with van der Waals surface area (Å²) in [5.74, 6) is 0.179. The summed E-state index contributed by atoms with van der Waals surface area (Å²) in [6, 6.07) is 0. The second-order valence-corrected chi connectivity index (χ2v) is 15.4. The molecule has 1 heterocycles. The largest absolute Gasteiger partial charge is 0.438 e. The molecule has 1 amide bonds. The van der Waals surface area contributed by atoms with E-state index in [0.29, 0.717) is 38.3 Å². The van der Waals surface area contributed by atoms with Crippen molar-refractivity contribution in [1.82, 2.24) is 4.90 Å². The molecule has 0 saturated carbocycles. The molecule has 0 aromatic heterocycles. The molecule has 6 heteroatoms. The quantitative estimate of drug-likeness (QED) is 0.201. The normalized spacial score (nSPS) is 24.3. The van der Waals surface area contributed by atoms with Gasteiger partial charge in [0.1, 0.15) is 0 Å². The molecule has 51 heavy (non-hydrogen) atoms. The van der Waals surface area contributed by atoms with E-state index < -0.39 is 12.2 Å². The third-order valence-electron chi connectivity index (χ3n) is 9.69. The van der Waals surface area contributed by atoms with E-state index in [-0.39, 0.29) is 28.3 Å². The zero-order valence-corrected chi connectivity index (χ0v) is 32.5. The third kappa shape index (κ3) is 12.8. The first-order valence-electron chi connectivity index (χ1n) is 18.1. The van der Waals surface area contributed by atoms with Gasteiger partial charge in [-0.1, -0.05) is 142 Å². The summed E-state index contributed by atoms with van der Waals surface area (Å²) >= 11 is 0. The van der Waals surface area contributed by atoms with Crippen LogP contribution in [0.5, 0.6) is 0 Å². The van der Waals surface area contributed by atoms with E-state index >= 15 is 0 Å². The Balaban J connectivity index is 1.52. The number of ether oxygens (including phenoxy) is 2. The monoisotopic (exact) mass is 693 g/mol. The van der Waals surface area contributed by atoms with Gasteiger partial charge in [0, 0.05) is 25.4 Å². The summed E-state index contributed by atoms with van der Waals surface area (Å²) < 4.78 is 11.0. The predicted molar refractivity (Wildman–Crippen MR) is 210 cm³/mol. The fourth-order valence-electron chi connectivity index (χ4n) is 6.46. The zero-order valence-electron chi connectivity index (χ0n) is 32.5. The van der Waals surface area contributed by atoms with Crippen LogP contribution < -0.4 is 0 Å². The van der Waals surface area contributed by atoms with Gasteiger partial charge in [0.25, 0.3) is 0 Å². The number of Topliss-reactive ketones (excluding diaryl/α,β-unsaturated/α-hetero) is 1. The molecule has 2 aliphatic carbocycles. The molecule has 0 radical (unpaired) electrons. The van der Waals surface area contributed by atoms with Crippen molar-refractivity contribution in [3.05, 3.63) is 130 Å². The van der Waals surface area contributed by atoms with E-state index in [2.05, 4.69) is 91.0 Å². The van der Waals surface area contributed by atoms with Gasteiger partial charge in [-0.15, -0.1) is 0 Å². The molecule has 6 nitrogen and oxygen atoms in total.